The minimum Gasteiger partial charge on any atom is -0.481 e. The van der Waals surface area contributed by atoms with Crippen LogP contribution in [0, 0.1) is 11.7 Å². The van der Waals surface area contributed by atoms with E-state index in [1.54, 1.807) is 28.8 Å². The molecule has 1 aromatic rings. The Balaban J connectivity index is 1.60. The molecule has 0 unspecified atom stereocenters. The normalized spacial score (nSPS) is 15.4. The van der Waals surface area contributed by atoms with Crippen LogP contribution in [0.4, 0.5) is 9.18 Å². The highest BCUT2D eigenvalue weighted by molar-refractivity contribution is 7.98. The minimum atomic E-state index is -0.783. The van der Waals surface area contributed by atoms with Crippen LogP contribution in [0.25, 0.3) is 0 Å². The summed E-state index contributed by atoms with van der Waals surface area (Å²) in [5.41, 5.74) is 0.666. The lowest BCUT2D eigenvalue weighted by Crippen LogP contribution is -2.46. The van der Waals surface area contributed by atoms with Gasteiger partial charge in [0.1, 0.15) is 5.82 Å². The predicted octanol–water partition coefficient (Wildman–Crippen LogP) is 2.57. The molecule has 2 rings (SSSR count). The number of carbonyl (C=O) groups is 2. The molecule has 0 bridgehead atoms. The van der Waals surface area contributed by atoms with Gasteiger partial charge >= 0.3 is 12.0 Å². The van der Waals surface area contributed by atoms with Crippen molar-refractivity contribution in [1.29, 1.82) is 0 Å². The van der Waals surface area contributed by atoms with Crippen LogP contribution in [0.2, 0.25) is 0 Å². The van der Waals surface area contributed by atoms with Crippen LogP contribution >= 0.6 is 11.8 Å². The molecule has 1 aromatic carbocycles. The summed E-state index contributed by atoms with van der Waals surface area (Å²) in [5, 5.41) is 11.8. The van der Waals surface area contributed by atoms with Gasteiger partial charge < -0.3 is 15.3 Å². The lowest BCUT2D eigenvalue weighted by Gasteiger charge is -2.30. The maximum atomic E-state index is 13.4. The summed E-state index contributed by atoms with van der Waals surface area (Å²) in [6.45, 7) is 1.47. The summed E-state index contributed by atoms with van der Waals surface area (Å²) in [6, 6.07) is 6.52. The van der Waals surface area contributed by atoms with Gasteiger partial charge in [-0.15, -0.1) is 0 Å². The van der Waals surface area contributed by atoms with Crippen LogP contribution in [0.15, 0.2) is 24.3 Å². The van der Waals surface area contributed by atoms with Crippen LogP contribution in [0.5, 0.6) is 0 Å². The summed E-state index contributed by atoms with van der Waals surface area (Å²) in [5.74, 6) is -0.0478. The van der Waals surface area contributed by atoms with Crippen molar-refractivity contribution in [3.8, 4) is 0 Å². The molecule has 0 aromatic heterocycles. The molecular formula is C16H21FN2O3S. The van der Waals surface area contributed by atoms with Crippen LogP contribution in [0.1, 0.15) is 18.4 Å². The van der Waals surface area contributed by atoms with Crippen molar-refractivity contribution in [2.24, 2.45) is 5.92 Å². The second-order valence-corrected chi connectivity index (χ2v) is 6.58. The van der Waals surface area contributed by atoms with Gasteiger partial charge in [0.25, 0.3) is 0 Å². The topological polar surface area (TPSA) is 69.6 Å². The van der Waals surface area contributed by atoms with Crippen LogP contribution in [-0.2, 0) is 10.5 Å². The van der Waals surface area contributed by atoms with E-state index in [1.807, 2.05) is 6.07 Å². The smallest absolute Gasteiger partial charge is 0.317 e. The number of likely N-dealkylation sites (tertiary alicyclic amines) is 1. The molecule has 23 heavy (non-hydrogen) atoms. The van der Waals surface area contributed by atoms with Crippen LogP contribution in [-0.4, -0.2) is 47.4 Å². The number of nitrogens with zero attached hydrogens (tertiary/aromatic N) is 1. The standard InChI is InChI=1S/C16H21FN2O3S/c17-14-4-2-1-3-13(14)11-23-10-7-18-16(22)19-8-5-12(6-9-19)15(20)21/h1-4,12H,5-11H2,(H,18,22)(H,20,21). The number of hydrogen-bond donors (Lipinski definition) is 2. The molecule has 0 radical (unpaired) electrons. The van der Waals surface area contributed by atoms with Gasteiger partial charge in [0.15, 0.2) is 0 Å². The summed E-state index contributed by atoms with van der Waals surface area (Å²) in [7, 11) is 0. The number of nitrogens with one attached hydrogen (secondary N) is 1. The van der Waals surface area contributed by atoms with Crippen molar-refractivity contribution in [2.75, 3.05) is 25.4 Å². The number of amides is 2. The van der Waals surface area contributed by atoms with Crippen molar-refractivity contribution in [3.63, 3.8) is 0 Å². The fraction of sp³-hybridized carbons (Fsp3) is 0.500. The van der Waals surface area contributed by atoms with Gasteiger partial charge in [-0.1, -0.05) is 18.2 Å². The van der Waals surface area contributed by atoms with Gasteiger partial charge in [-0.25, -0.2) is 9.18 Å². The Morgan fingerprint density at radius 3 is 2.65 bits per heavy atom. The molecule has 1 aliphatic heterocycles. The summed E-state index contributed by atoms with van der Waals surface area (Å²) in [4.78, 5) is 24.5. The largest absolute Gasteiger partial charge is 0.481 e. The highest BCUT2D eigenvalue weighted by atomic mass is 32.2. The second kappa shape index (κ2) is 8.76. The first kappa shape index (κ1) is 17.6. The molecule has 2 N–H and O–H groups in total. The zero-order valence-corrected chi connectivity index (χ0v) is 13.7. The first-order valence-electron chi connectivity index (χ1n) is 7.64. The van der Waals surface area contributed by atoms with E-state index in [1.165, 1.54) is 6.07 Å². The molecule has 5 nitrogen and oxygen atoms in total. The molecule has 2 amide bonds. The highest BCUT2D eigenvalue weighted by Crippen LogP contribution is 2.17. The number of benzene rings is 1. The number of halogens is 1. The average molecular weight is 340 g/mol. The van der Waals surface area contributed by atoms with Crippen molar-refractivity contribution in [1.82, 2.24) is 10.2 Å². The monoisotopic (exact) mass is 340 g/mol. The Hall–Kier alpha value is -1.76. The van der Waals surface area contributed by atoms with E-state index in [4.69, 9.17) is 5.11 Å². The maximum absolute atomic E-state index is 13.4. The minimum absolute atomic E-state index is 0.152. The number of aliphatic carboxylic acids is 1. The summed E-state index contributed by atoms with van der Waals surface area (Å²) < 4.78 is 13.4. The third-order valence-electron chi connectivity index (χ3n) is 3.87. The molecule has 1 heterocycles. The van der Waals surface area contributed by atoms with Gasteiger partial charge in [0.05, 0.1) is 5.92 Å². The first-order valence-corrected chi connectivity index (χ1v) is 8.80. The van der Waals surface area contributed by atoms with E-state index in [2.05, 4.69) is 5.32 Å². The number of carboxylic acids is 1. The second-order valence-electron chi connectivity index (χ2n) is 5.48. The zero-order chi connectivity index (χ0) is 16.7. The Morgan fingerprint density at radius 1 is 1.30 bits per heavy atom. The van der Waals surface area contributed by atoms with E-state index in [0.29, 0.717) is 49.5 Å². The molecule has 0 saturated carbocycles. The highest BCUT2D eigenvalue weighted by Gasteiger charge is 2.26. The summed E-state index contributed by atoms with van der Waals surface area (Å²) >= 11 is 1.56. The molecule has 1 saturated heterocycles. The average Bonchev–Trinajstić information content (AvgIpc) is 2.56. The fourth-order valence-corrected chi connectivity index (χ4v) is 3.31. The number of carboxylic acid groups (broad SMARTS) is 1. The number of thioether (sulfide) groups is 1. The predicted molar refractivity (Wildman–Crippen MR) is 87.9 cm³/mol. The van der Waals surface area contributed by atoms with Crippen molar-refractivity contribution >= 4 is 23.8 Å². The van der Waals surface area contributed by atoms with Crippen molar-refractivity contribution in [2.45, 2.75) is 18.6 Å². The zero-order valence-electron chi connectivity index (χ0n) is 12.8. The third-order valence-corrected chi connectivity index (χ3v) is 4.88. The van der Waals surface area contributed by atoms with Gasteiger partial charge in [-0.2, -0.15) is 11.8 Å². The number of rotatable bonds is 6. The lowest BCUT2D eigenvalue weighted by molar-refractivity contribution is -0.143. The van der Waals surface area contributed by atoms with Crippen molar-refractivity contribution in [3.05, 3.63) is 35.6 Å². The Kier molecular flexibility index (Phi) is 6.70. The number of hydrogen-bond acceptors (Lipinski definition) is 3. The molecule has 7 heteroatoms. The Bertz CT molecular complexity index is 548. The van der Waals surface area contributed by atoms with E-state index < -0.39 is 5.97 Å². The number of piperidine rings is 1. The van der Waals surface area contributed by atoms with Gasteiger partial charge in [0, 0.05) is 31.1 Å². The van der Waals surface area contributed by atoms with E-state index in [9.17, 15) is 14.0 Å². The van der Waals surface area contributed by atoms with Gasteiger partial charge in [-0.3, -0.25) is 4.79 Å². The van der Waals surface area contributed by atoms with E-state index >= 15 is 0 Å². The molecule has 0 atom stereocenters. The maximum Gasteiger partial charge on any atom is 0.317 e. The molecule has 0 spiro atoms. The Labute approximate surface area is 139 Å². The number of carbonyl (C=O) groups excluding carboxylic acids is 1. The van der Waals surface area contributed by atoms with E-state index in [0.717, 1.165) is 0 Å². The first-order chi connectivity index (χ1) is 11.1. The molecule has 1 fully saturated rings. The fourth-order valence-electron chi connectivity index (χ4n) is 2.47. The third kappa shape index (κ3) is 5.42. The summed E-state index contributed by atoms with van der Waals surface area (Å²) in [6.07, 6.45) is 1.01. The van der Waals surface area contributed by atoms with Gasteiger partial charge in [0.2, 0.25) is 0 Å². The van der Waals surface area contributed by atoms with Crippen LogP contribution < -0.4 is 5.32 Å². The molecule has 0 aliphatic carbocycles. The van der Waals surface area contributed by atoms with E-state index in [-0.39, 0.29) is 17.8 Å². The molecule has 126 valence electrons. The van der Waals surface area contributed by atoms with Crippen LogP contribution in [0.3, 0.4) is 0 Å². The lowest BCUT2D eigenvalue weighted by atomic mass is 9.97. The Morgan fingerprint density at radius 2 is 2.00 bits per heavy atom. The molecule has 1 aliphatic rings. The van der Waals surface area contributed by atoms with Crippen molar-refractivity contribution < 1.29 is 19.1 Å². The number of urea groups is 1. The molecular weight excluding hydrogens is 319 g/mol. The quantitative estimate of drug-likeness (QED) is 0.781. The van der Waals surface area contributed by atoms with Gasteiger partial charge in [-0.05, 0) is 24.5 Å². The SMILES string of the molecule is O=C(O)C1CCN(C(=O)NCCSCc2ccccc2F)CC1.